The number of Topliss-reactive ketones (excluding diaryl/α,β-unsaturated/α-hetero) is 1. The van der Waals surface area contributed by atoms with Gasteiger partial charge in [-0.15, -0.1) is 11.6 Å². The van der Waals surface area contributed by atoms with Crippen molar-refractivity contribution in [2.45, 2.75) is 58.3 Å². The van der Waals surface area contributed by atoms with Gasteiger partial charge in [-0.05, 0) is 52.9 Å². The second kappa shape index (κ2) is 5.47. The average Bonchev–Trinajstić information content (AvgIpc) is 2.12. The summed E-state index contributed by atoms with van der Waals surface area (Å²) in [5.41, 5.74) is -0.212. The van der Waals surface area contributed by atoms with E-state index in [1.807, 2.05) is 13.8 Å². The van der Waals surface area contributed by atoms with Gasteiger partial charge in [-0.1, -0.05) is 6.08 Å². The van der Waals surface area contributed by atoms with E-state index in [2.05, 4.69) is 19.6 Å². The summed E-state index contributed by atoms with van der Waals surface area (Å²) >= 11 is 6.14. The Morgan fingerprint density at radius 1 is 1.44 bits per heavy atom. The van der Waals surface area contributed by atoms with Crippen molar-refractivity contribution in [1.29, 1.82) is 0 Å². The van der Waals surface area contributed by atoms with Gasteiger partial charge in [0.2, 0.25) is 0 Å². The van der Waals surface area contributed by atoms with Gasteiger partial charge < -0.3 is 4.43 Å². The third-order valence-electron chi connectivity index (χ3n) is 2.52. The van der Waals surface area contributed by atoms with Crippen molar-refractivity contribution >= 4 is 25.7 Å². The van der Waals surface area contributed by atoms with Crippen LogP contribution in [-0.2, 0) is 9.22 Å². The summed E-state index contributed by atoms with van der Waals surface area (Å²) in [5.74, 6) is -0.0140. The molecule has 0 bridgehead atoms. The van der Waals surface area contributed by atoms with E-state index >= 15 is 0 Å². The number of hydrogen-bond donors (Lipinski definition) is 0. The Kier molecular flexibility index (Phi) is 5.43. The Morgan fingerprint density at radius 2 is 1.88 bits per heavy atom. The average molecular weight is 263 g/mol. The van der Waals surface area contributed by atoms with Crippen LogP contribution in [0.25, 0.3) is 0 Å². The molecule has 0 aliphatic carbocycles. The summed E-state index contributed by atoms with van der Waals surface area (Å²) in [6.07, 6.45) is 1.80. The predicted octanol–water partition coefficient (Wildman–Crippen LogP) is 3.76. The molecule has 0 spiro atoms. The Morgan fingerprint density at radius 3 is 2.12 bits per heavy atom. The Balaban J connectivity index is 5.21. The van der Waals surface area contributed by atoms with Crippen LogP contribution in [0.1, 0.15) is 27.7 Å². The van der Waals surface area contributed by atoms with Gasteiger partial charge in [-0.25, -0.2) is 0 Å². The number of carbonyl (C=O) groups is 1. The molecule has 94 valence electrons. The van der Waals surface area contributed by atoms with Crippen LogP contribution in [0.5, 0.6) is 0 Å². The van der Waals surface area contributed by atoms with E-state index in [-0.39, 0.29) is 11.2 Å². The molecular weight excluding hydrogens is 240 g/mol. The van der Waals surface area contributed by atoms with Gasteiger partial charge in [0.05, 0.1) is 5.38 Å². The molecule has 0 aliphatic rings. The molecule has 0 rings (SSSR count). The van der Waals surface area contributed by atoms with E-state index < -0.39 is 13.9 Å². The van der Waals surface area contributed by atoms with Crippen molar-refractivity contribution in [3.63, 3.8) is 0 Å². The summed E-state index contributed by atoms with van der Waals surface area (Å²) in [4.78, 5) is 12.3. The lowest BCUT2D eigenvalue weighted by atomic mass is 9.92. The molecule has 0 fully saturated rings. The number of hydrogen-bond acceptors (Lipinski definition) is 2. The first-order valence-corrected chi connectivity index (χ1v) is 9.41. The SMILES string of the molecule is C/C=C(\C)C(=O)[C@](C)(O[Si](C)(C)C)[C@H](C)Cl. The highest BCUT2D eigenvalue weighted by molar-refractivity contribution is 6.70. The Hall–Kier alpha value is -0.123. The van der Waals surface area contributed by atoms with Crippen LogP contribution < -0.4 is 0 Å². The minimum atomic E-state index is -1.81. The van der Waals surface area contributed by atoms with E-state index in [0.717, 1.165) is 0 Å². The van der Waals surface area contributed by atoms with Crippen LogP contribution in [0, 0.1) is 0 Å². The minimum Gasteiger partial charge on any atom is -0.404 e. The molecule has 0 heterocycles. The number of alkyl halides is 1. The Labute approximate surface area is 105 Å². The lowest BCUT2D eigenvalue weighted by molar-refractivity contribution is -0.129. The summed E-state index contributed by atoms with van der Waals surface area (Å²) in [5, 5.41) is -0.346. The van der Waals surface area contributed by atoms with Crippen LogP contribution >= 0.6 is 11.6 Å². The summed E-state index contributed by atoms with van der Waals surface area (Å²) in [6.45, 7) is 13.4. The van der Waals surface area contributed by atoms with E-state index in [0.29, 0.717) is 5.57 Å². The lowest BCUT2D eigenvalue weighted by Crippen LogP contribution is -2.52. The molecule has 2 atom stereocenters. The number of rotatable bonds is 5. The van der Waals surface area contributed by atoms with Gasteiger partial charge in [0.15, 0.2) is 14.1 Å². The van der Waals surface area contributed by atoms with E-state index in [4.69, 9.17) is 16.0 Å². The molecule has 0 saturated heterocycles. The molecular formula is C12H23ClO2Si. The van der Waals surface area contributed by atoms with Crippen LogP contribution in [-0.4, -0.2) is 25.1 Å². The number of allylic oxidation sites excluding steroid dienone is 1. The molecule has 16 heavy (non-hydrogen) atoms. The van der Waals surface area contributed by atoms with Crippen molar-refractivity contribution in [2.24, 2.45) is 0 Å². The highest BCUT2D eigenvalue weighted by Crippen LogP contribution is 2.28. The van der Waals surface area contributed by atoms with Gasteiger partial charge >= 0.3 is 0 Å². The van der Waals surface area contributed by atoms with Crippen molar-refractivity contribution < 1.29 is 9.22 Å². The van der Waals surface area contributed by atoms with Gasteiger partial charge in [0.1, 0.15) is 5.60 Å². The number of carbonyl (C=O) groups excluding carboxylic acids is 1. The van der Waals surface area contributed by atoms with Crippen molar-refractivity contribution in [3.05, 3.63) is 11.6 Å². The fourth-order valence-corrected chi connectivity index (χ4v) is 3.23. The summed E-state index contributed by atoms with van der Waals surface area (Å²) in [6, 6.07) is 0. The Bertz CT molecular complexity index is 292. The van der Waals surface area contributed by atoms with E-state index in [9.17, 15) is 4.79 Å². The second-order valence-corrected chi connectivity index (χ2v) is 10.3. The van der Waals surface area contributed by atoms with Gasteiger partial charge in [-0.3, -0.25) is 4.79 Å². The molecule has 0 aromatic rings. The minimum absolute atomic E-state index is 0.0140. The first-order valence-electron chi connectivity index (χ1n) is 5.56. The summed E-state index contributed by atoms with van der Waals surface area (Å²) < 4.78 is 5.99. The maximum absolute atomic E-state index is 12.3. The molecule has 0 aliphatic heterocycles. The molecule has 0 saturated carbocycles. The predicted molar refractivity (Wildman–Crippen MR) is 72.6 cm³/mol. The zero-order chi connectivity index (χ0) is 13.1. The molecule has 0 aromatic carbocycles. The maximum atomic E-state index is 12.3. The van der Waals surface area contributed by atoms with Gasteiger partial charge in [-0.2, -0.15) is 0 Å². The van der Waals surface area contributed by atoms with E-state index in [1.165, 1.54) is 0 Å². The van der Waals surface area contributed by atoms with Crippen LogP contribution in [0.2, 0.25) is 19.6 Å². The van der Waals surface area contributed by atoms with Crippen molar-refractivity contribution in [2.75, 3.05) is 0 Å². The summed E-state index contributed by atoms with van der Waals surface area (Å²) in [7, 11) is -1.81. The van der Waals surface area contributed by atoms with E-state index in [1.54, 1.807) is 19.9 Å². The quantitative estimate of drug-likeness (QED) is 0.428. The van der Waals surface area contributed by atoms with Crippen molar-refractivity contribution in [1.82, 2.24) is 0 Å². The van der Waals surface area contributed by atoms with Gasteiger partial charge in [0, 0.05) is 0 Å². The van der Waals surface area contributed by atoms with Crippen molar-refractivity contribution in [3.8, 4) is 0 Å². The largest absolute Gasteiger partial charge is 0.404 e. The third kappa shape index (κ3) is 4.04. The van der Waals surface area contributed by atoms with Gasteiger partial charge in [0.25, 0.3) is 0 Å². The third-order valence-corrected chi connectivity index (χ3v) is 3.97. The normalized spacial score (nSPS) is 19.1. The smallest absolute Gasteiger partial charge is 0.190 e. The monoisotopic (exact) mass is 262 g/mol. The van der Waals surface area contributed by atoms with Crippen LogP contribution in [0.15, 0.2) is 11.6 Å². The molecule has 2 nitrogen and oxygen atoms in total. The fourth-order valence-electron chi connectivity index (χ4n) is 1.47. The first kappa shape index (κ1) is 15.9. The second-order valence-electron chi connectivity index (χ2n) is 5.24. The number of halogens is 1. The number of ketones is 1. The maximum Gasteiger partial charge on any atom is 0.190 e. The molecule has 0 aromatic heterocycles. The molecule has 0 amide bonds. The molecule has 0 radical (unpaired) electrons. The standard InChI is InChI=1S/C12H23ClO2Si/c1-8-9(2)11(14)12(4,10(3)13)15-16(5,6)7/h8,10H,1-7H3/b9-8+/t10-,12+/m0/s1. The lowest BCUT2D eigenvalue weighted by Gasteiger charge is -2.37. The fraction of sp³-hybridized carbons (Fsp3) is 0.750. The topological polar surface area (TPSA) is 26.3 Å². The molecule has 4 heteroatoms. The molecule has 0 unspecified atom stereocenters. The zero-order valence-electron chi connectivity index (χ0n) is 11.3. The van der Waals surface area contributed by atoms with Crippen LogP contribution in [0.3, 0.4) is 0 Å². The molecule has 0 N–H and O–H groups in total. The first-order chi connectivity index (χ1) is 7.04. The highest BCUT2D eigenvalue weighted by Gasteiger charge is 2.42. The zero-order valence-corrected chi connectivity index (χ0v) is 13.1. The highest BCUT2D eigenvalue weighted by atomic mass is 35.5. The van der Waals surface area contributed by atoms with Crippen LogP contribution in [0.4, 0.5) is 0 Å².